The van der Waals surface area contributed by atoms with Gasteiger partial charge in [-0.05, 0) is 23.3 Å². The molecule has 0 fully saturated rings. The number of aliphatic hydroxyl groups is 1. The Morgan fingerprint density at radius 1 is 1.22 bits per heavy atom. The van der Waals surface area contributed by atoms with Gasteiger partial charge >= 0.3 is 6.18 Å². The monoisotopic (exact) mass is 322 g/mol. The Hall–Kier alpha value is -2.41. The Kier molecular flexibility index (Phi) is 3.81. The van der Waals surface area contributed by atoms with Gasteiger partial charge in [-0.15, -0.1) is 0 Å². The summed E-state index contributed by atoms with van der Waals surface area (Å²) >= 11 is 0. The van der Waals surface area contributed by atoms with Crippen molar-refractivity contribution < 1.29 is 23.1 Å². The zero-order valence-electron chi connectivity index (χ0n) is 11.8. The van der Waals surface area contributed by atoms with Gasteiger partial charge in [-0.25, -0.2) is 0 Å². The third kappa shape index (κ3) is 2.92. The fourth-order valence-corrected chi connectivity index (χ4v) is 2.78. The Labute approximate surface area is 130 Å². The maximum absolute atomic E-state index is 12.9. The second-order valence-electron chi connectivity index (χ2n) is 5.32. The molecule has 1 aliphatic carbocycles. The Balaban J connectivity index is 1.89. The Bertz CT molecular complexity index is 746. The predicted octanol–water partition coefficient (Wildman–Crippen LogP) is 2.49. The lowest BCUT2D eigenvalue weighted by Gasteiger charge is -2.19. The molecule has 2 atom stereocenters. The van der Waals surface area contributed by atoms with Crippen LogP contribution >= 0.6 is 0 Å². The van der Waals surface area contributed by atoms with Crippen LogP contribution in [0.25, 0.3) is 0 Å². The third-order valence-corrected chi connectivity index (χ3v) is 3.81. The van der Waals surface area contributed by atoms with E-state index in [1.165, 1.54) is 6.07 Å². The number of hydrogen-bond acceptors (Lipinski definition) is 3. The molecule has 120 valence electrons. The summed E-state index contributed by atoms with van der Waals surface area (Å²) in [6.07, 6.45) is -4.26. The molecular formula is C16H13F3N2O2. The maximum atomic E-state index is 12.9. The van der Waals surface area contributed by atoms with Gasteiger partial charge < -0.3 is 10.4 Å². The number of nitrogens with zero attached hydrogens (tertiary/aromatic N) is 1. The highest BCUT2D eigenvalue weighted by Crippen LogP contribution is 2.33. The van der Waals surface area contributed by atoms with Crippen molar-refractivity contribution in [1.82, 2.24) is 10.3 Å². The number of carbonyl (C=O) groups is 1. The van der Waals surface area contributed by atoms with Crippen molar-refractivity contribution in [3.8, 4) is 0 Å². The minimum absolute atomic E-state index is 0.348. The molecule has 1 aliphatic rings. The quantitative estimate of drug-likeness (QED) is 0.893. The zero-order chi connectivity index (χ0) is 16.6. The summed E-state index contributed by atoms with van der Waals surface area (Å²) in [4.78, 5) is 15.5. The van der Waals surface area contributed by atoms with Gasteiger partial charge in [0.05, 0.1) is 17.7 Å². The van der Waals surface area contributed by atoms with E-state index in [9.17, 15) is 23.1 Å². The van der Waals surface area contributed by atoms with Crippen LogP contribution in [0.1, 0.15) is 33.2 Å². The third-order valence-electron chi connectivity index (χ3n) is 3.81. The molecule has 4 nitrogen and oxygen atoms in total. The summed E-state index contributed by atoms with van der Waals surface area (Å²) in [6.45, 7) is 0. The normalized spacial score (nSPS) is 20.2. The number of halogens is 3. The number of aliphatic hydroxyl groups excluding tert-OH is 1. The first-order valence-corrected chi connectivity index (χ1v) is 6.97. The second-order valence-corrected chi connectivity index (χ2v) is 5.32. The molecule has 1 aromatic heterocycles. The summed E-state index contributed by atoms with van der Waals surface area (Å²) in [7, 11) is 0. The molecule has 0 unspecified atom stereocenters. The Morgan fingerprint density at radius 2 is 1.96 bits per heavy atom. The first kappa shape index (κ1) is 15.5. The number of fused-ring (bicyclic) bond motifs is 1. The van der Waals surface area contributed by atoms with Crippen LogP contribution in [0.4, 0.5) is 13.2 Å². The largest absolute Gasteiger partial charge is 0.434 e. The lowest BCUT2D eigenvalue weighted by Crippen LogP contribution is -2.35. The second kappa shape index (κ2) is 5.66. The molecule has 2 N–H and O–H groups in total. The minimum atomic E-state index is -4.72. The van der Waals surface area contributed by atoms with Crippen molar-refractivity contribution in [2.45, 2.75) is 24.7 Å². The van der Waals surface area contributed by atoms with E-state index in [1.807, 2.05) is 6.07 Å². The average molecular weight is 322 g/mol. The number of pyridine rings is 1. The van der Waals surface area contributed by atoms with Gasteiger partial charge in [-0.3, -0.25) is 9.78 Å². The highest BCUT2D eigenvalue weighted by molar-refractivity contribution is 5.95. The van der Waals surface area contributed by atoms with Crippen LogP contribution in [-0.2, 0) is 12.6 Å². The van der Waals surface area contributed by atoms with Gasteiger partial charge in [0.2, 0.25) is 0 Å². The number of nitrogens with one attached hydrogen (secondary N) is 1. The van der Waals surface area contributed by atoms with E-state index in [0.29, 0.717) is 12.0 Å². The number of aromatic nitrogens is 1. The molecule has 2 aromatic rings. The van der Waals surface area contributed by atoms with Crippen LogP contribution in [0.5, 0.6) is 0 Å². The number of amides is 1. The van der Waals surface area contributed by atoms with Gasteiger partial charge in [0.15, 0.2) is 5.69 Å². The number of alkyl halides is 3. The van der Waals surface area contributed by atoms with Crippen LogP contribution in [0.2, 0.25) is 0 Å². The van der Waals surface area contributed by atoms with Crippen molar-refractivity contribution in [2.24, 2.45) is 0 Å². The minimum Gasteiger partial charge on any atom is -0.390 e. The molecule has 23 heavy (non-hydrogen) atoms. The first-order valence-electron chi connectivity index (χ1n) is 6.97. The van der Waals surface area contributed by atoms with Gasteiger partial charge in [-0.1, -0.05) is 24.3 Å². The van der Waals surface area contributed by atoms with Crippen molar-refractivity contribution in [1.29, 1.82) is 0 Å². The molecule has 7 heteroatoms. The molecule has 0 radical (unpaired) electrons. The van der Waals surface area contributed by atoms with Crippen LogP contribution in [-0.4, -0.2) is 22.1 Å². The van der Waals surface area contributed by atoms with E-state index in [-0.39, 0.29) is 0 Å². The SMILES string of the molecule is O=C(N[C@@H]1c2ccccc2C[C@H]1O)c1cccnc1C(F)(F)F. The van der Waals surface area contributed by atoms with Gasteiger partial charge in [0.25, 0.3) is 5.91 Å². The van der Waals surface area contributed by atoms with Crippen LogP contribution in [0.15, 0.2) is 42.6 Å². The molecule has 1 aromatic carbocycles. The lowest BCUT2D eigenvalue weighted by atomic mass is 10.1. The average Bonchev–Trinajstić information content (AvgIpc) is 2.82. The van der Waals surface area contributed by atoms with Crippen molar-refractivity contribution in [3.63, 3.8) is 0 Å². The summed E-state index contributed by atoms with van der Waals surface area (Å²) in [6, 6.07) is 8.71. The van der Waals surface area contributed by atoms with E-state index in [4.69, 9.17) is 0 Å². The van der Waals surface area contributed by atoms with Crippen molar-refractivity contribution in [3.05, 3.63) is 65.0 Å². The molecule has 0 bridgehead atoms. The molecule has 1 amide bonds. The zero-order valence-corrected chi connectivity index (χ0v) is 11.8. The van der Waals surface area contributed by atoms with Gasteiger partial charge in [0.1, 0.15) is 0 Å². The van der Waals surface area contributed by atoms with E-state index in [2.05, 4.69) is 10.3 Å². The predicted molar refractivity (Wildman–Crippen MR) is 75.6 cm³/mol. The van der Waals surface area contributed by atoms with E-state index < -0.39 is 35.5 Å². The number of rotatable bonds is 2. The highest BCUT2D eigenvalue weighted by atomic mass is 19.4. The summed E-state index contributed by atoms with van der Waals surface area (Å²) in [5.41, 5.74) is -0.215. The standard InChI is InChI=1S/C16H13F3N2O2/c17-16(18,19)14-11(6-3-7-20-14)15(23)21-13-10-5-2-1-4-9(10)8-12(13)22/h1-7,12-13,22H,8H2,(H,21,23)/t12-,13-/m1/s1. The molecule has 3 rings (SSSR count). The summed E-state index contributed by atoms with van der Waals surface area (Å²) < 4.78 is 38.8. The molecular weight excluding hydrogens is 309 g/mol. The lowest BCUT2D eigenvalue weighted by molar-refractivity contribution is -0.141. The van der Waals surface area contributed by atoms with Gasteiger partial charge in [0, 0.05) is 12.6 Å². The first-order chi connectivity index (χ1) is 10.9. The number of benzene rings is 1. The van der Waals surface area contributed by atoms with E-state index in [1.54, 1.807) is 18.2 Å². The van der Waals surface area contributed by atoms with Crippen LogP contribution in [0.3, 0.4) is 0 Å². The number of hydrogen-bond donors (Lipinski definition) is 2. The Morgan fingerprint density at radius 3 is 2.70 bits per heavy atom. The van der Waals surface area contributed by atoms with Crippen LogP contribution < -0.4 is 5.32 Å². The van der Waals surface area contributed by atoms with Crippen LogP contribution in [0, 0.1) is 0 Å². The topological polar surface area (TPSA) is 62.2 Å². The fraction of sp³-hybridized carbons (Fsp3) is 0.250. The molecule has 1 heterocycles. The van der Waals surface area contributed by atoms with Crippen molar-refractivity contribution in [2.75, 3.05) is 0 Å². The number of carbonyl (C=O) groups excluding carboxylic acids is 1. The molecule has 0 aliphatic heterocycles. The van der Waals surface area contributed by atoms with Gasteiger partial charge in [-0.2, -0.15) is 13.2 Å². The molecule has 0 spiro atoms. The smallest absolute Gasteiger partial charge is 0.390 e. The summed E-state index contributed by atoms with van der Waals surface area (Å²) in [5, 5.41) is 12.6. The van der Waals surface area contributed by atoms with E-state index >= 15 is 0 Å². The fourth-order valence-electron chi connectivity index (χ4n) is 2.78. The maximum Gasteiger partial charge on any atom is 0.434 e. The highest BCUT2D eigenvalue weighted by Gasteiger charge is 2.38. The molecule has 0 saturated heterocycles. The van der Waals surface area contributed by atoms with Crippen molar-refractivity contribution >= 4 is 5.91 Å². The summed E-state index contributed by atoms with van der Waals surface area (Å²) in [5.74, 6) is -0.911. The molecule has 0 saturated carbocycles. The van der Waals surface area contributed by atoms with E-state index in [0.717, 1.165) is 17.8 Å².